The van der Waals surface area contributed by atoms with Crippen molar-refractivity contribution in [2.24, 2.45) is 0 Å². The second-order valence-electron chi connectivity index (χ2n) is 6.06. The number of carbonyl (C=O) groups excluding carboxylic acids is 3. The Morgan fingerprint density at radius 2 is 1.57 bits per heavy atom. The minimum atomic E-state index is -0.797. The number of ether oxygens (including phenoxy) is 2. The monoisotopic (exact) mass is 405 g/mol. The molecule has 0 unspecified atom stereocenters. The van der Waals surface area contributed by atoms with Gasteiger partial charge in [-0.1, -0.05) is 48.5 Å². The number of hydrogen-bond donors (Lipinski definition) is 2. The highest BCUT2D eigenvalue weighted by Crippen LogP contribution is 2.23. The van der Waals surface area contributed by atoms with Gasteiger partial charge in [0.1, 0.15) is 11.3 Å². The van der Waals surface area contributed by atoms with E-state index in [1.165, 1.54) is 12.3 Å². The van der Waals surface area contributed by atoms with E-state index in [-0.39, 0.29) is 18.0 Å². The first-order valence-electron chi connectivity index (χ1n) is 9.08. The van der Waals surface area contributed by atoms with E-state index in [1.807, 2.05) is 36.4 Å². The fourth-order valence-corrected chi connectivity index (χ4v) is 2.42. The first kappa shape index (κ1) is 20.5. The number of hydrogen-bond acceptors (Lipinski definition) is 6. The summed E-state index contributed by atoms with van der Waals surface area (Å²) >= 11 is 0. The largest absolute Gasteiger partial charge is 0.452 e. The van der Waals surface area contributed by atoms with Gasteiger partial charge in [0.05, 0.1) is 0 Å². The van der Waals surface area contributed by atoms with Gasteiger partial charge in [-0.25, -0.2) is 14.6 Å². The normalized spacial score (nSPS) is 10.0. The third-order valence-electron chi connectivity index (χ3n) is 3.83. The van der Waals surface area contributed by atoms with E-state index in [9.17, 15) is 14.4 Å². The molecule has 8 heteroatoms. The number of nitrogens with one attached hydrogen (secondary N) is 2. The summed E-state index contributed by atoms with van der Waals surface area (Å²) in [6.07, 6.45) is 1.47. The van der Waals surface area contributed by atoms with Crippen LogP contribution in [0.2, 0.25) is 0 Å². The Balaban J connectivity index is 1.49. The minimum absolute atomic E-state index is 0.0507. The van der Waals surface area contributed by atoms with Gasteiger partial charge in [0, 0.05) is 12.7 Å². The molecule has 0 aliphatic heterocycles. The number of benzene rings is 2. The number of pyridine rings is 1. The Kier molecular flexibility index (Phi) is 7.10. The predicted molar refractivity (Wildman–Crippen MR) is 108 cm³/mol. The van der Waals surface area contributed by atoms with Crippen LogP contribution in [0.15, 0.2) is 79.0 Å². The van der Waals surface area contributed by atoms with Crippen LogP contribution in [0.4, 0.5) is 4.79 Å². The molecular formula is C22H19N3O5. The van der Waals surface area contributed by atoms with Crippen LogP contribution < -0.4 is 15.4 Å². The molecule has 0 fully saturated rings. The Bertz CT molecular complexity index is 1010. The fourth-order valence-electron chi connectivity index (χ4n) is 2.42. The number of rotatable bonds is 7. The lowest BCUT2D eigenvalue weighted by Crippen LogP contribution is -2.41. The van der Waals surface area contributed by atoms with Crippen LogP contribution in [-0.2, 0) is 16.1 Å². The summed E-state index contributed by atoms with van der Waals surface area (Å²) in [5.41, 5.74) is 0.941. The summed E-state index contributed by atoms with van der Waals surface area (Å²) in [6.45, 7) is -0.368. The number of urea groups is 1. The summed E-state index contributed by atoms with van der Waals surface area (Å²) in [7, 11) is 0. The van der Waals surface area contributed by atoms with Crippen LogP contribution in [-0.4, -0.2) is 29.5 Å². The van der Waals surface area contributed by atoms with Crippen molar-refractivity contribution >= 4 is 17.9 Å². The van der Waals surface area contributed by atoms with Crippen molar-refractivity contribution in [2.45, 2.75) is 6.54 Å². The Morgan fingerprint density at radius 1 is 0.867 bits per heavy atom. The smallest absolute Gasteiger partial charge is 0.344 e. The van der Waals surface area contributed by atoms with Crippen molar-refractivity contribution in [1.82, 2.24) is 15.6 Å². The van der Waals surface area contributed by atoms with Crippen LogP contribution in [0, 0.1) is 0 Å². The summed E-state index contributed by atoms with van der Waals surface area (Å²) in [4.78, 5) is 40.0. The minimum Gasteiger partial charge on any atom is -0.452 e. The molecule has 2 aromatic carbocycles. The number of aromatic nitrogens is 1. The number of imide groups is 1. The lowest BCUT2D eigenvalue weighted by molar-refractivity contribution is -0.123. The molecule has 2 N–H and O–H groups in total. The molecule has 3 rings (SSSR count). The maximum Gasteiger partial charge on any atom is 0.344 e. The van der Waals surface area contributed by atoms with Gasteiger partial charge < -0.3 is 14.8 Å². The van der Waals surface area contributed by atoms with Crippen LogP contribution in [0.25, 0.3) is 0 Å². The SMILES string of the molecule is O=C(COC(=O)c1cccnc1Oc1ccccc1)NC(=O)NCc1ccccc1. The van der Waals surface area contributed by atoms with Crippen LogP contribution in [0.3, 0.4) is 0 Å². The van der Waals surface area contributed by atoms with Crippen molar-refractivity contribution in [2.75, 3.05) is 6.61 Å². The van der Waals surface area contributed by atoms with E-state index in [4.69, 9.17) is 9.47 Å². The molecule has 30 heavy (non-hydrogen) atoms. The van der Waals surface area contributed by atoms with E-state index in [0.29, 0.717) is 5.75 Å². The molecular weight excluding hydrogens is 386 g/mol. The molecule has 1 aromatic heterocycles. The zero-order valence-corrected chi connectivity index (χ0v) is 15.9. The number of esters is 1. The molecule has 3 aromatic rings. The average Bonchev–Trinajstić information content (AvgIpc) is 2.78. The van der Waals surface area contributed by atoms with Gasteiger partial charge >= 0.3 is 12.0 Å². The lowest BCUT2D eigenvalue weighted by Gasteiger charge is -2.10. The Morgan fingerprint density at radius 3 is 2.30 bits per heavy atom. The Hall–Kier alpha value is -4.20. The summed E-state index contributed by atoms with van der Waals surface area (Å²) in [5, 5.41) is 4.64. The van der Waals surface area contributed by atoms with E-state index in [2.05, 4.69) is 15.6 Å². The molecule has 0 bridgehead atoms. The topological polar surface area (TPSA) is 107 Å². The van der Waals surface area contributed by atoms with Crippen molar-refractivity contribution in [3.05, 3.63) is 90.1 Å². The average molecular weight is 405 g/mol. The van der Waals surface area contributed by atoms with Crippen LogP contribution in [0.5, 0.6) is 11.6 Å². The van der Waals surface area contributed by atoms with Gasteiger partial charge in [-0.2, -0.15) is 0 Å². The standard InChI is InChI=1S/C22H19N3O5/c26-19(25-22(28)24-14-16-8-3-1-4-9-16)15-29-21(27)18-12-7-13-23-20(18)30-17-10-5-2-6-11-17/h1-13H,14-15H2,(H2,24,25,26,28). The molecule has 152 valence electrons. The molecule has 1 heterocycles. The van der Waals surface area contributed by atoms with Crippen molar-refractivity contribution in [1.29, 1.82) is 0 Å². The highest BCUT2D eigenvalue weighted by atomic mass is 16.5. The summed E-state index contributed by atoms with van der Waals surface area (Å²) < 4.78 is 10.6. The van der Waals surface area contributed by atoms with E-state index in [1.54, 1.807) is 30.3 Å². The summed E-state index contributed by atoms with van der Waals surface area (Å²) in [5.74, 6) is -1.01. The van der Waals surface area contributed by atoms with Crippen molar-refractivity contribution in [3.8, 4) is 11.6 Å². The third-order valence-corrected chi connectivity index (χ3v) is 3.83. The van der Waals surface area contributed by atoms with Gasteiger partial charge in [0.25, 0.3) is 5.91 Å². The highest BCUT2D eigenvalue weighted by molar-refractivity contribution is 5.97. The first-order valence-corrected chi connectivity index (χ1v) is 9.08. The number of amides is 3. The molecule has 0 aliphatic carbocycles. The molecule has 8 nitrogen and oxygen atoms in total. The number of carbonyl (C=O) groups is 3. The van der Waals surface area contributed by atoms with Gasteiger partial charge in [-0.3, -0.25) is 10.1 Å². The second-order valence-corrected chi connectivity index (χ2v) is 6.06. The van der Waals surface area contributed by atoms with E-state index < -0.39 is 24.5 Å². The van der Waals surface area contributed by atoms with Crippen molar-refractivity contribution in [3.63, 3.8) is 0 Å². The van der Waals surface area contributed by atoms with Crippen LogP contribution in [0.1, 0.15) is 15.9 Å². The Labute approximate surface area is 172 Å². The molecule has 0 saturated carbocycles. The second kappa shape index (κ2) is 10.4. The highest BCUT2D eigenvalue weighted by Gasteiger charge is 2.18. The van der Waals surface area contributed by atoms with Crippen LogP contribution >= 0.6 is 0 Å². The molecule has 0 saturated heterocycles. The molecule has 0 spiro atoms. The van der Waals surface area contributed by atoms with E-state index in [0.717, 1.165) is 5.56 Å². The quantitative estimate of drug-likeness (QED) is 0.585. The van der Waals surface area contributed by atoms with E-state index >= 15 is 0 Å². The summed E-state index contributed by atoms with van der Waals surface area (Å²) in [6, 6.07) is 20.4. The molecule has 0 atom stereocenters. The van der Waals surface area contributed by atoms with Gasteiger partial charge in [0.2, 0.25) is 5.88 Å². The first-order chi connectivity index (χ1) is 14.6. The molecule has 3 amide bonds. The fraction of sp³-hybridized carbons (Fsp3) is 0.0909. The molecule has 0 aliphatic rings. The lowest BCUT2D eigenvalue weighted by atomic mass is 10.2. The zero-order valence-electron chi connectivity index (χ0n) is 15.9. The number of para-hydroxylation sites is 1. The third kappa shape index (κ3) is 6.16. The predicted octanol–water partition coefficient (Wildman–Crippen LogP) is 3.06. The molecule has 0 radical (unpaired) electrons. The zero-order chi connectivity index (χ0) is 21.2. The van der Waals surface area contributed by atoms with Gasteiger partial charge in [0.15, 0.2) is 6.61 Å². The van der Waals surface area contributed by atoms with Gasteiger partial charge in [-0.05, 0) is 29.8 Å². The maximum absolute atomic E-state index is 12.3. The maximum atomic E-state index is 12.3. The van der Waals surface area contributed by atoms with Gasteiger partial charge in [-0.15, -0.1) is 0 Å². The van der Waals surface area contributed by atoms with Crippen molar-refractivity contribution < 1.29 is 23.9 Å². The number of nitrogens with zero attached hydrogens (tertiary/aromatic N) is 1.